The standard InChI is InChI=1S/C21H18N8O2/c1-12(27-20-14(9-22)19(23)25-11-26-20)17-18(13-5-4-8-24-10-13)29-15(21(30)31-2)6-3-7-16(29)28-17/h3-8,10-12H,1-2H3,(H3,23,25,26,27). The summed E-state index contributed by atoms with van der Waals surface area (Å²) < 4.78 is 6.69. The molecule has 0 aromatic carbocycles. The molecule has 0 aliphatic heterocycles. The van der Waals surface area contributed by atoms with Crippen LogP contribution in [0.2, 0.25) is 0 Å². The van der Waals surface area contributed by atoms with Crippen LogP contribution < -0.4 is 11.1 Å². The van der Waals surface area contributed by atoms with Crippen LogP contribution in [0.15, 0.2) is 49.1 Å². The molecule has 31 heavy (non-hydrogen) atoms. The van der Waals surface area contributed by atoms with Crippen molar-refractivity contribution in [3.05, 3.63) is 66.0 Å². The summed E-state index contributed by atoms with van der Waals surface area (Å²) in [4.78, 5) is 29.4. The average Bonchev–Trinajstić information content (AvgIpc) is 3.19. The highest BCUT2D eigenvalue weighted by Crippen LogP contribution is 2.32. The molecule has 0 aliphatic carbocycles. The number of esters is 1. The number of methoxy groups -OCH3 is 1. The van der Waals surface area contributed by atoms with Gasteiger partial charge in [0.05, 0.1) is 24.5 Å². The third-order valence-corrected chi connectivity index (χ3v) is 4.75. The second-order valence-electron chi connectivity index (χ2n) is 6.64. The van der Waals surface area contributed by atoms with Crippen LogP contribution >= 0.6 is 0 Å². The number of imidazole rings is 1. The molecule has 4 heterocycles. The molecule has 0 amide bonds. The normalized spacial score (nSPS) is 11.6. The Morgan fingerprint density at radius 2 is 2.13 bits per heavy atom. The van der Waals surface area contributed by atoms with E-state index in [1.54, 1.807) is 41.1 Å². The van der Waals surface area contributed by atoms with Crippen LogP contribution in [0.4, 0.5) is 11.6 Å². The predicted octanol–water partition coefficient (Wildman–Crippen LogP) is 2.60. The lowest BCUT2D eigenvalue weighted by molar-refractivity contribution is 0.0592. The minimum Gasteiger partial charge on any atom is -0.464 e. The lowest BCUT2D eigenvalue weighted by Gasteiger charge is -2.16. The van der Waals surface area contributed by atoms with Crippen LogP contribution in [-0.2, 0) is 4.74 Å². The summed E-state index contributed by atoms with van der Waals surface area (Å²) in [6.45, 7) is 1.87. The number of nitrogen functional groups attached to an aromatic ring is 1. The largest absolute Gasteiger partial charge is 0.464 e. The highest BCUT2D eigenvalue weighted by molar-refractivity contribution is 5.89. The molecule has 0 fully saturated rings. The average molecular weight is 414 g/mol. The number of carbonyl (C=O) groups excluding carboxylic acids is 1. The molecule has 154 valence electrons. The molecule has 10 nitrogen and oxygen atoms in total. The number of rotatable bonds is 5. The van der Waals surface area contributed by atoms with Crippen molar-refractivity contribution >= 4 is 23.3 Å². The van der Waals surface area contributed by atoms with Crippen molar-refractivity contribution in [3.63, 3.8) is 0 Å². The van der Waals surface area contributed by atoms with Crippen molar-refractivity contribution in [2.24, 2.45) is 0 Å². The molecule has 4 aromatic rings. The number of ether oxygens (including phenoxy) is 1. The highest BCUT2D eigenvalue weighted by atomic mass is 16.5. The first-order valence-electron chi connectivity index (χ1n) is 9.32. The Hall–Kier alpha value is -4.52. The molecule has 0 bridgehead atoms. The molecule has 1 atom stereocenters. The number of hydrogen-bond donors (Lipinski definition) is 2. The lowest BCUT2D eigenvalue weighted by atomic mass is 10.1. The van der Waals surface area contributed by atoms with Crippen LogP contribution in [0.25, 0.3) is 16.9 Å². The van der Waals surface area contributed by atoms with Crippen LogP contribution in [0.1, 0.15) is 34.7 Å². The molecule has 4 aromatic heterocycles. The number of nitrogens with one attached hydrogen (secondary N) is 1. The first-order chi connectivity index (χ1) is 15.0. The number of anilines is 2. The van der Waals surface area contributed by atoms with Gasteiger partial charge in [-0.05, 0) is 31.2 Å². The van der Waals surface area contributed by atoms with Gasteiger partial charge < -0.3 is 15.8 Å². The van der Waals surface area contributed by atoms with Crippen molar-refractivity contribution in [1.29, 1.82) is 5.26 Å². The summed E-state index contributed by atoms with van der Waals surface area (Å²) in [5.41, 5.74) is 8.91. The van der Waals surface area contributed by atoms with Crippen LogP contribution in [0.5, 0.6) is 0 Å². The van der Waals surface area contributed by atoms with E-state index in [4.69, 9.17) is 15.5 Å². The van der Waals surface area contributed by atoms with Gasteiger partial charge in [0, 0.05) is 18.0 Å². The van der Waals surface area contributed by atoms with Crippen LogP contribution in [0, 0.1) is 11.3 Å². The van der Waals surface area contributed by atoms with Gasteiger partial charge in [0.1, 0.15) is 40.9 Å². The number of pyridine rings is 2. The van der Waals surface area contributed by atoms with Gasteiger partial charge in [0.2, 0.25) is 0 Å². The maximum Gasteiger partial charge on any atom is 0.355 e. The fraction of sp³-hybridized carbons (Fsp3) is 0.143. The van der Waals surface area contributed by atoms with E-state index in [1.807, 2.05) is 19.1 Å². The van der Waals surface area contributed by atoms with E-state index < -0.39 is 12.0 Å². The summed E-state index contributed by atoms with van der Waals surface area (Å²) in [6.07, 6.45) is 4.64. The van der Waals surface area contributed by atoms with E-state index >= 15 is 0 Å². The quantitative estimate of drug-likeness (QED) is 0.471. The zero-order chi connectivity index (χ0) is 22.0. The topological polar surface area (TPSA) is 144 Å². The van der Waals surface area contributed by atoms with E-state index in [0.717, 1.165) is 5.56 Å². The first kappa shape index (κ1) is 19.8. The van der Waals surface area contributed by atoms with Crippen molar-refractivity contribution in [1.82, 2.24) is 24.3 Å². The molecular formula is C21H18N8O2. The zero-order valence-corrected chi connectivity index (χ0v) is 16.8. The highest BCUT2D eigenvalue weighted by Gasteiger charge is 2.24. The Morgan fingerprint density at radius 3 is 2.84 bits per heavy atom. The fourth-order valence-corrected chi connectivity index (χ4v) is 3.35. The SMILES string of the molecule is COC(=O)c1cccc2nc(C(C)Nc3ncnc(N)c3C#N)c(-c3cccnc3)n12. The molecule has 3 N–H and O–H groups in total. The van der Waals surface area contributed by atoms with E-state index in [-0.39, 0.29) is 11.4 Å². The summed E-state index contributed by atoms with van der Waals surface area (Å²) in [5.74, 6) is -0.108. The van der Waals surface area contributed by atoms with Crippen molar-refractivity contribution < 1.29 is 9.53 Å². The van der Waals surface area contributed by atoms with Gasteiger partial charge in [-0.15, -0.1) is 0 Å². The van der Waals surface area contributed by atoms with Crippen LogP contribution in [-0.4, -0.2) is 37.4 Å². The molecule has 10 heteroatoms. The Bertz CT molecular complexity index is 1310. The third kappa shape index (κ3) is 3.49. The maximum atomic E-state index is 12.4. The summed E-state index contributed by atoms with van der Waals surface area (Å²) in [7, 11) is 1.33. The number of aromatic nitrogens is 5. The second kappa shape index (κ2) is 8.08. The molecule has 1 unspecified atom stereocenters. The fourth-order valence-electron chi connectivity index (χ4n) is 3.35. The number of carbonyl (C=O) groups is 1. The molecule has 0 aliphatic rings. The minimum absolute atomic E-state index is 0.0858. The van der Waals surface area contributed by atoms with E-state index in [0.29, 0.717) is 28.5 Å². The molecule has 0 spiro atoms. The molecule has 4 rings (SSSR count). The number of nitrogens with two attached hydrogens (primary N) is 1. The monoisotopic (exact) mass is 414 g/mol. The summed E-state index contributed by atoms with van der Waals surface area (Å²) in [6, 6.07) is 10.5. The molecular weight excluding hydrogens is 396 g/mol. The number of fused-ring (bicyclic) bond motifs is 1. The zero-order valence-electron chi connectivity index (χ0n) is 16.8. The Balaban J connectivity index is 1.91. The van der Waals surface area contributed by atoms with Crippen molar-refractivity contribution in [3.8, 4) is 17.3 Å². The van der Waals surface area contributed by atoms with Gasteiger partial charge in [-0.1, -0.05) is 6.07 Å². The second-order valence-corrected chi connectivity index (χ2v) is 6.64. The Morgan fingerprint density at radius 1 is 1.29 bits per heavy atom. The smallest absolute Gasteiger partial charge is 0.355 e. The van der Waals surface area contributed by atoms with E-state index in [9.17, 15) is 10.1 Å². The number of hydrogen-bond acceptors (Lipinski definition) is 9. The van der Waals surface area contributed by atoms with Gasteiger partial charge in [-0.2, -0.15) is 5.26 Å². The molecule has 0 saturated heterocycles. The Kier molecular flexibility index (Phi) is 5.15. The molecule has 0 saturated carbocycles. The van der Waals surface area contributed by atoms with Gasteiger partial charge >= 0.3 is 5.97 Å². The van der Waals surface area contributed by atoms with Gasteiger partial charge in [-0.3, -0.25) is 9.38 Å². The summed E-state index contributed by atoms with van der Waals surface area (Å²) >= 11 is 0. The minimum atomic E-state index is -0.490. The van der Waals surface area contributed by atoms with Crippen molar-refractivity contribution in [2.45, 2.75) is 13.0 Å². The Labute approximate surface area is 177 Å². The summed E-state index contributed by atoms with van der Waals surface area (Å²) in [5, 5.41) is 12.6. The first-order valence-corrected chi connectivity index (χ1v) is 9.32. The van der Waals surface area contributed by atoms with Gasteiger partial charge in [0.25, 0.3) is 0 Å². The van der Waals surface area contributed by atoms with Gasteiger partial charge in [-0.25, -0.2) is 19.7 Å². The number of nitriles is 1. The maximum absolute atomic E-state index is 12.4. The third-order valence-electron chi connectivity index (χ3n) is 4.75. The van der Waals surface area contributed by atoms with E-state index in [1.165, 1.54) is 13.4 Å². The van der Waals surface area contributed by atoms with Crippen LogP contribution in [0.3, 0.4) is 0 Å². The van der Waals surface area contributed by atoms with E-state index in [2.05, 4.69) is 20.3 Å². The van der Waals surface area contributed by atoms with Crippen molar-refractivity contribution in [2.75, 3.05) is 18.2 Å². The molecule has 0 radical (unpaired) electrons. The van der Waals surface area contributed by atoms with Gasteiger partial charge in [0.15, 0.2) is 0 Å². The predicted molar refractivity (Wildman–Crippen MR) is 113 cm³/mol. The number of nitrogens with zero attached hydrogens (tertiary/aromatic N) is 6. The lowest BCUT2D eigenvalue weighted by Crippen LogP contribution is -2.13.